The predicted molar refractivity (Wildman–Crippen MR) is 88.6 cm³/mol. The fourth-order valence-electron chi connectivity index (χ4n) is 1.96. The third-order valence-electron chi connectivity index (χ3n) is 2.86. The normalized spacial score (nSPS) is 12.7. The van der Waals surface area contributed by atoms with Crippen LogP contribution >= 0.6 is 50.5 Å². The van der Waals surface area contributed by atoms with E-state index in [2.05, 4.69) is 28.2 Å². The van der Waals surface area contributed by atoms with Crippen LogP contribution in [0.15, 0.2) is 28.7 Å². The highest BCUT2D eigenvalue weighted by Crippen LogP contribution is 2.38. The van der Waals surface area contributed by atoms with Crippen LogP contribution in [0.3, 0.4) is 0 Å². The minimum atomic E-state index is -0.302. The zero-order valence-electron chi connectivity index (χ0n) is 10.7. The Labute approximate surface area is 140 Å². The zero-order valence-corrected chi connectivity index (χ0v) is 14.6. The van der Waals surface area contributed by atoms with Gasteiger partial charge in [0.05, 0.1) is 14.7 Å². The molecule has 1 atom stereocenters. The van der Waals surface area contributed by atoms with E-state index in [0.29, 0.717) is 14.2 Å². The Hall–Kier alpha value is -0.130. The summed E-state index contributed by atoms with van der Waals surface area (Å²) < 4.78 is 16.2. The molecule has 1 aromatic carbocycles. The van der Waals surface area contributed by atoms with E-state index in [4.69, 9.17) is 23.2 Å². The lowest BCUT2D eigenvalue weighted by Crippen LogP contribution is -2.24. The molecule has 0 saturated carbocycles. The Balaban J connectivity index is 2.46. The number of rotatable bonds is 5. The smallest absolute Gasteiger partial charge is 0.128 e. The summed E-state index contributed by atoms with van der Waals surface area (Å²) in [5, 5.41) is 3.33. The van der Waals surface area contributed by atoms with Crippen molar-refractivity contribution >= 4 is 50.5 Å². The van der Waals surface area contributed by atoms with Crippen LogP contribution in [0.4, 0.5) is 4.39 Å². The fourth-order valence-corrected chi connectivity index (χ4v) is 3.87. The number of benzene rings is 1. The molecular weight excluding hydrogens is 384 g/mol. The SMILES string of the molecule is CCCNC(c1cc(Br)ccc1F)c1cc(Cl)sc1Cl. The van der Waals surface area contributed by atoms with Gasteiger partial charge in [-0.3, -0.25) is 0 Å². The van der Waals surface area contributed by atoms with E-state index in [9.17, 15) is 4.39 Å². The van der Waals surface area contributed by atoms with Crippen molar-refractivity contribution in [2.45, 2.75) is 19.4 Å². The van der Waals surface area contributed by atoms with Crippen LogP contribution in [0, 0.1) is 5.82 Å². The van der Waals surface area contributed by atoms with Gasteiger partial charge in [-0.1, -0.05) is 46.1 Å². The summed E-state index contributed by atoms with van der Waals surface area (Å²) in [7, 11) is 0. The molecule has 108 valence electrons. The van der Waals surface area contributed by atoms with Crippen molar-refractivity contribution in [2.24, 2.45) is 0 Å². The van der Waals surface area contributed by atoms with Crippen LogP contribution < -0.4 is 5.32 Å². The van der Waals surface area contributed by atoms with Gasteiger partial charge in [-0.15, -0.1) is 11.3 Å². The molecule has 1 N–H and O–H groups in total. The second-order valence-corrected chi connectivity index (χ2v) is 7.53. The van der Waals surface area contributed by atoms with Gasteiger partial charge in [0.1, 0.15) is 5.82 Å². The molecule has 1 heterocycles. The van der Waals surface area contributed by atoms with E-state index in [-0.39, 0.29) is 11.9 Å². The van der Waals surface area contributed by atoms with E-state index in [1.54, 1.807) is 18.2 Å². The first-order valence-electron chi connectivity index (χ1n) is 6.16. The maximum atomic E-state index is 14.1. The second kappa shape index (κ2) is 7.23. The summed E-state index contributed by atoms with van der Waals surface area (Å²) in [4.78, 5) is 0. The third-order valence-corrected chi connectivity index (χ3v) is 4.87. The maximum absolute atomic E-state index is 14.1. The number of halogens is 4. The van der Waals surface area contributed by atoms with E-state index in [1.165, 1.54) is 17.4 Å². The average molecular weight is 397 g/mol. The molecule has 0 amide bonds. The zero-order chi connectivity index (χ0) is 14.7. The standard InChI is InChI=1S/C14H13BrCl2FNS/c1-2-5-19-13(10-7-12(16)20-14(10)17)9-6-8(15)3-4-11(9)18/h3-4,6-7,13,19H,2,5H2,1H3. The molecule has 1 nitrogen and oxygen atoms in total. The van der Waals surface area contributed by atoms with Crippen molar-refractivity contribution in [1.29, 1.82) is 0 Å². The lowest BCUT2D eigenvalue weighted by Gasteiger charge is -2.19. The van der Waals surface area contributed by atoms with Gasteiger partial charge < -0.3 is 5.32 Å². The molecule has 2 rings (SSSR count). The summed E-state index contributed by atoms with van der Waals surface area (Å²) in [5.74, 6) is -0.264. The molecule has 0 aliphatic carbocycles. The van der Waals surface area contributed by atoms with Gasteiger partial charge in [-0.25, -0.2) is 4.39 Å². The topological polar surface area (TPSA) is 12.0 Å². The van der Waals surface area contributed by atoms with E-state index in [0.717, 1.165) is 23.0 Å². The highest BCUT2D eigenvalue weighted by molar-refractivity contribution is 9.10. The summed E-state index contributed by atoms with van der Waals surface area (Å²) in [6, 6.07) is 6.39. The molecule has 0 aliphatic heterocycles. The third kappa shape index (κ3) is 3.74. The number of hydrogen-bond acceptors (Lipinski definition) is 2. The fraction of sp³-hybridized carbons (Fsp3) is 0.286. The molecule has 1 unspecified atom stereocenters. The Bertz CT molecular complexity index is 603. The molecule has 20 heavy (non-hydrogen) atoms. The van der Waals surface area contributed by atoms with Crippen molar-refractivity contribution in [1.82, 2.24) is 5.32 Å². The minimum Gasteiger partial charge on any atom is -0.306 e. The molecule has 0 spiro atoms. The van der Waals surface area contributed by atoms with Crippen molar-refractivity contribution in [2.75, 3.05) is 6.54 Å². The van der Waals surface area contributed by atoms with Gasteiger partial charge in [0, 0.05) is 15.6 Å². The van der Waals surface area contributed by atoms with Gasteiger partial charge in [-0.05, 0) is 37.2 Å². The van der Waals surface area contributed by atoms with Crippen LogP contribution in [0.5, 0.6) is 0 Å². The monoisotopic (exact) mass is 395 g/mol. The lowest BCUT2D eigenvalue weighted by atomic mass is 10.0. The minimum absolute atomic E-state index is 0.264. The van der Waals surface area contributed by atoms with Crippen molar-refractivity contribution < 1.29 is 4.39 Å². The molecule has 0 radical (unpaired) electrons. The summed E-state index contributed by atoms with van der Waals surface area (Å²) in [6.45, 7) is 2.82. The maximum Gasteiger partial charge on any atom is 0.128 e. The number of hydrogen-bond donors (Lipinski definition) is 1. The van der Waals surface area contributed by atoms with E-state index in [1.807, 2.05) is 0 Å². The summed E-state index contributed by atoms with van der Waals surface area (Å²) in [6.07, 6.45) is 0.946. The van der Waals surface area contributed by atoms with Gasteiger partial charge in [-0.2, -0.15) is 0 Å². The number of thiophene rings is 1. The van der Waals surface area contributed by atoms with Crippen molar-refractivity contribution in [3.05, 3.63) is 54.4 Å². The molecular formula is C14H13BrCl2FNS. The Morgan fingerprint density at radius 2 is 2.05 bits per heavy atom. The predicted octanol–water partition coefficient (Wildman–Crippen LogP) is 6.05. The van der Waals surface area contributed by atoms with Crippen LogP contribution in [0.2, 0.25) is 8.67 Å². The summed E-state index contributed by atoms with van der Waals surface area (Å²) >= 11 is 16.9. The molecule has 1 aromatic heterocycles. The van der Waals surface area contributed by atoms with Crippen LogP contribution in [0.25, 0.3) is 0 Å². The first-order chi connectivity index (χ1) is 9.52. The molecule has 0 aliphatic rings. The van der Waals surface area contributed by atoms with Crippen molar-refractivity contribution in [3.63, 3.8) is 0 Å². The quantitative estimate of drug-likeness (QED) is 0.648. The van der Waals surface area contributed by atoms with E-state index >= 15 is 0 Å². The van der Waals surface area contributed by atoms with Gasteiger partial charge >= 0.3 is 0 Å². The Kier molecular flexibility index (Phi) is 5.87. The van der Waals surface area contributed by atoms with Gasteiger partial charge in [0.2, 0.25) is 0 Å². The summed E-state index contributed by atoms with van der Waals surface area (Å²) in [5.41, 5.74) is 1.37. The largest absolute Gasteiger partial charge is 0.306 e. The van der Waals surface area contributed by atoms with Gasteiger partial charge in [0.25, 0.3) is 0 Å². The first kappa shape index (κ1) is 16.2. The highest BCUT2D eigenvalue weighted by atomic mass is 79.9. The molecule has 0 bridgehead atoms. The first-order valence-corrected chi connectivity index (χ1v) is 8.52. The lowest BCUT2D eigenvalue weighted by molar-refractivity contribution is 0.547. The molecule has 0 fully saturated rings. The van der Waals surface area contributed by atoms with Gasteiger partial charge in [0.15, 0.2) is 0 Å². The van der Waals surface area contributed by atoms with Crippen LogP contribution in [-0.4, -0.2) is 6.54 Å². The molecule has 2 aromatic rings. The highest BCUT2D eigenvalue weighted by Gasteiger charge is 2.22. The average Bonchev–Trinajstić information content (AvgIpc) is 2.73. The Morgan fingerprint density at radius 1 is 1.30 bits per heavy atom. The van der Waals surface area contributed by atoms with E-state index < -0.39 is 0 Å². The molecule has 6 heteroatoms. The Morgan fingerprint density at radius 3 is 2.65 bits per heavy atom. The molecule has 0 saturated heterocycles. The van der Waals surface area contributed by atoms with Crippen molar-refractivity contribution in [3.8, 4) is 0 Å². The number of nitrogens with one attached hydrogen (secondary N) is 1. The second-order valence-electron chi connectivity index (χ2n) is 4.33. The van der Waals surface area contributed by atoms with Crippen LogP contribution in [0.1, 0.15) is 30.5 Å². The van der Waals surface area contributed by atoms with Crippen LogP contribution in [-0.2, 0) is 0 Å².